The van der Waals surface area contributed by atoms with Crippen molar-refractivity contribution in [2.24, 2.45) is 5.73 Å². The SMILES string of the molecule is CCCOc1cccc(CC(CN)c2ccc(OC)cc2)c1. The first-order valence-electron chi connectivity index (χ1n) is 7.82. The third-order valence-corrected chi connectivity index (χ3v) is 3.73. The van der Waals surface area contributed by atoms with E-state index in [0.29, 0.717) is 12.5 Å². The van der Waals surface area contributed by atoms with E-state index in [0.717, 1.165) is 30.9 Å². The van der Waals surface area contributed by atoms with Crippen LogP contribution in [0.15, 0.2) is 48.5 Å². The van der Waals surface area contributed by atoms with E-state index >= 15 is 0 Å². The molecule has 0 aromatic heterocycles. The van der Waals surface area contributed by atoms with Crippen LogP contribution in [-0.2, 0) is 6.42 Å². The van der Waals surface area contributed by atoms with Crippen molar-refractivity contribution in [3.8, 4) is 11.5 Å². The van der Waals surface area contributed by atoms with Crippen LogP contribution in [0.3, 0.4) is 0 Å². The molecule has 0 fully saturated rings. The van der Waals surface area contributed by atoms with Gasteiger partial charge in [-0.2, -0.15) is 0 Å². The highest BCUT2D eigenvalue weighted by Gasteiger charge is 2.11. The third-order valence-electron chi connectivity index (χ3n) is 3.73. The van der Waals surface area contributed by atoms with E-state index < -0.39 is 0 Å². The van der Waals surface area contributed by atoms with Crippen molar-refractivity contribution in [2.45, 2.75) is 25.7 Å². The first kappa shape index (κ1) is 16.4. The maximum atomic E-state index is 5.98. The molecule has 1 atom stereocenters. The zero-order valence-electron chi connectivity index (χ0n) is 13.4. The van der Waals surface area contributed by atoms with Crippen molar-refractivity contribution in [1.29, 1.82) is 0 Å². The molecule has 3 nitrogen and oxygen atoms in total. The lowest BCUT2D eigenvalue weighted by Crippen LogP contribution is -2.15. The van der Waals surface area contributed by atoms with E-state index in [2.05, 4.69) is 31.2 Å². The van der Waals surface area contributed by atoms with Crippen molar-refractivity contribution in [2.75, 3.05) is 20.3 Å². The van der Waals surface area contributed by atoms with Crippen LogP contribution in [-0.4, -0.2) is 20.3 Å². The molecular formula is C19H25NO2. The number of benzene rings is 2. The second-order valence-corrected chi connectivity index (χ2v) is 5.41. The van der Waals surface area contributed by atoms with Crippen LogP contribution < -0.4 is 15.2 Å². The molecule has 118 valence electrons. The minimum atomic E-state index is 0.298. The fourth-order valence-electron chi connectivity index (χ4n) is 2.48. The summed E-state index contributed by atoms with van der Waals surface area (Å²) in [7, 11) is 1.68. The molecule has 3 heteroatoms. The van der Waals surface area contributed by atoms with Crippen LogP contribution in [0.1, 0.15) is 30.4 Å². The van der Waals surface area contributed by atoms with Crippen molar-refractivity contribution in [3.63, 3.8) is 0 Å². The molecule has 0 bridgehead atoms. The Bertz CT molecular complexity index is 566. The average Bonchev–Trinajstić information content (AvgIpc) is 2.58. The zero-order chi connectivity index (χ0) is 15.8. The molecule has 0 aliphatic heterocycles. The highest BCUT2D eigenvalue weighted by Crippen LogP contribution is 2.24. The van der Waals surface area contributed by atoms with Crippen molar-refractivity contribution >= 4 is 0 Å². The van der Waals surface area contributed by atoms with Gasteiger partial charge in [0.25, 0.3) is 0 Å². The molecule has 0 saturated carbocycles. The normalized spacial score (nSPS) is 12.0. The first-order valence-corrected chi connectivity index (χ1v) is 7.82. The van der Waals surface area contributed by atoms with Crippen LogP contribution in [0, 0.1) is 0 Å². The molecule has 0 heterocycles. The van der Waals surface area contributed by atoms with Gasteiger partial charge in [0.15, 0.2) is 0 Å². The van der Waals surface area contributed by atoms with Crippen LogP contribution in [0.25, 0.3) is 0 Å². The predicted molar refractivity (Wildman–Crippen MR) is 90.7 cm³/mol. The quantitative estimate of drug-likeness (QED) is 0.807. The lowest BCUT2D eigenvalue weighted by atomic mass is 9.92. The second-order valence-electron chi connectivity index (χ2n) is 5.41. The summed E-state index contributed by atoms with van der Waals surface area (Å²) in [5.74, 6) is 2.10. The fourth-order valence-corrected chi connectivity index (χ4v) is 2.48. The Morgan fingerprint density at radius 2 is 1.82 bits per heavy atom. The third kappa shape index (κ3) is 4.50. The van der Waals surface area contributed by atoms with E-state index in [1.54, 1.807) is 7.11 Å². The molecule has 2 aromatic rings. The number of methoxy groups -OCH3 is 1. The Labute approximate surface area is 133 Å². The summed E-state index contributed by atoms with van der Waals surface area (Å²) in [6.45, 7) is 3.48. The van der Waals surface area contributed by atoms with Crippen molar-refractivity contribution in [3.05, 3.63) is 59.7 Å². The monoisotopic (exact) mass is 299 g/mol. The summed E-state index contributed by atoms with van der Waals surface area (Å²) in [6.07, 6.45) is 1.92. The van der Waals surface area contributed by atoms with Gasteiger partial charge in [-0.25, -0.2) is 0 Å². The summed E-state index contributed by atoms with van der Waals surface area (Å²) in [6, 6.07) is 16.4. The van der Waals surface area contributed by atoms with Gasteiger partial charge in [0.2, 0.25) is 0 Å². The minimum absolute atomic E-state index is 0.298. The number of hydrogen-bond acceptors (Lipinski definition) is 3. The Morgan fingerprint density at radius 1 is 1.05 bits per heavy atom. The minimum Gasteiger partial charge on any atom is -0.497 e. The molecular weight excluding hydrogens is 274 g/mol. The molecule has 0 aliphatic carbocycles. The van der Waals surface area contributed by atoms with Gasteiger partial charge in [-0.05, 0) is 54.8 Å². The van der Waals surface area contributed by atoms with Crippen LogP contribution in [0.5, 0.6) is 11.5 Å². The molecule has 0 amide bonds. The lowest BCUT2D eigenvalue weighted by molar-refractivity contribution is 0.317. The molecule has 2 N–H and O–H groups in total. The predicted octanol–water partition coefficient (Wildman–Crippen LogP) is 3.77. The maximum Gasteiger partial charge on any atom is 0.119 e. The van der Waals surface area contributed by atoms with E-state index in [9.17, 15) is 0 Å². The van der Waals surface area contributed by atoms with Crippen LogP contribution in [0.4, 0.5) is 0 Å². The fraction of sp³-hybridized carbons (Fsp3) is 0.368. The molecule has 2 rings (SSSR count). The Morgan fingerprint density at radius 3 is 2.45 bits per heavy atom. The lowest BCUT2D eigenvalue weighted by Gasteiger charge is -2.16. The summed E-state index contributed by atoms with van der Waals surface area (Å²) in [5.41, 5.74) is 8.47. The van der Waals surface area contributed by atoms with Gasteiger partial charge in [-0.3, -0.25) is 0 Å². The molecule has 0 saturated heterocycles. The van der Waals surface area contributed by atoms with Gasteiger partial charge in [-0.1, -0.05) is 31.2 Å². The maximum absolute atomic E-state index is 5.98. The molecule has 0 spiro atoms. The second kappa shape index (κ2) is 8.44. The Hall–Kier alpha value is -2.00. The molecule has 0 aliphatic rings. The Kier molecular flexibility index (Phi) is 6.28. The van der Waals surface area contributed by atoms with Gasteiger partial charge in [0.05, 0.1) is 13.7 Å². The number of nitrogens with two attached hydrogens (primary N) is 1. The van der Waals surface area contributed by atoms with Crippen LogP contribution >= 0.6 is 0 Å². The highest BCUT2D eigenvalue weighted by molar-refractivity contribution is 5.33. The smallest absolute Gasteiger partial charge is 0.119 e. The topological polar surface area (TPSA) is 44.5 Å². The number of hydrogen-bond donors (Lipinski definition) is 1. The van der Waals surface area contributed by atoms with Gasteiger partial charge in [-0.15, -0.1) is 0 Å². The largest absolute Gasteiger partial charge is 0.497 e. The van der Waals surface area contributed by atoms with Gasteiger partial charge in [0, 0.05) is 5.92 Å². The summed E-state index contributed by atoms with van der Waals surface area (Å²) in [4.78, 5) is 0. The molecule has 22 heavy (non-hydrogen) atoms. The van der Waals surface area contributed by atoms with Gasteiger partial charge >= 0.3 is 0 Å². The number of ether oxygens (including phenoxy) is 2. The van der Waals surface area contributed by atoms with Crippen molar-refractivity contribution in [1.82, 2.24) is 0 Å². The van der Waals surface area contributed by atoms with E-state index in [1.165, 1.54) is 11.1 Å². The highest BCUT2D eigenvalue weighted by atomic mass is 16.5. The van der Waals surface area contributed by atoms with Crippen LogP contribution in [0.2, 0.25) is 0 Å². The van der Waals surface area contributed by atoms with Gasteiger partial charge < -0.3 is 15.2 Å². The number of rotatable bonds is 8. The van der Waals surface area contributed by atoms with E-state index in [-0.39, 0.29) is 0 Å². The zero-order valence-corrected chi connectivity index (χ0v) is 13.4. The first-order chi connectivity index (χ1) is 10.8. The molecule has 1 unspecified atom stereocenters. The molecule has 2 aromatic carbocycles. The Balaban J connectivity index is 2.08. The summed E-state index contributed by atoms with van der Waals surface area (Å²) < 4.78 is 10.9. The van der Waals surface area contributed by atoms with E-state index in [1.807, 2.05) is 24.3 Å². The van der Waals surface area contributed by atoms with Gasteiger partial charge in [0.1, 0.15) is 11.5 Å². The average molecular weight is 299 g/mol. The van der Waals surface area contributed by atoms with E-state index in [4.69, 9.17) is 15.2 Å². The standard InChI is InChI=1S/C19H25NO2/c1-3-11-22-19-6-4-5-15(13-19)12-17(14-20)16-7-9-18(21-2)10-8-16/h4-10,13,17H,3,11-12,14,20H2,1-2H3. The summed E-state index contributed by atoms with van der Waals surface area (Å²) >= 11 is 0. The molecule has 0 radical (unpaired) electrons. The van der Waals surface area contributed by atoms with Crippen molar-refractivity contribution < 1.29 is 9.47 Å². The summed E-state index contributed by atoms with van der Waals surface area (Å²) in [5, 5.41) is 0.